The molecule has 0 aromatic heterocycles. The summed E-state index contributed by atoms with van der Waals surface area (Å²) in [6.45, 7) is 3.38. The Morgan fingerprint density at radius 1 is 1.18 bits per heavy atom. The van der Waals surface area contributed by atoms with Gasteiger partial charge >= 0.3 is 0 Å². The molecule has 1 aromatic carbocycles. The molecule has 0 aliphatic carbocycles. The van der Waals surface area contributed by atoms with Gasteiger partial charge in [-0.05, 0) is 12.5 Å². The van der Waals surface area contributed by atoms with E-state index in [2.05, 4.69) is 5.32 Å². The first-order chi connectivity index (χ1) is 16.3. The SMILES string of the molecule is CCN1C(=O)C2C(C1=O)C(c1cccc([N+](=O)[O-])c1)N(C(=O)COC)C2C(=O)N1CCNCC1. The van der Waals surface area contributed by atoms with Gasteiger partial charge in [0.15, 0.2) is 0 Å². The summed E-state index contributed by atoms with van der Waals surface area (Å²) >= 11 is 0. The van der Waals surface area contributed by atoms with Gasteiger partial charge < -0.3 is 19.9 Å². The maximum atomic E-state index is 13.7. The molecule has 0 bridgehead atoms. The van der Waals surface area contributed by atoms with Crippen molar-refractivity contribution >= 4 is 29.3 Å². The van der Waals surface area contributed by atoms with E-state index in [0.29, 0.717) is 31.7 Å². The third kappa shape index (κ3) is 3.82. The van der Waals surface area contributed by atoms with E-state index in [1.807, 2.05) is 0 Å². The highest BCUT2D eigenvalue weighted by Gasteiger charge is 2.65. The Bertz CT molecular complexity index is 1020. The van der Waals surface area contributed by atoms with Gasteiger partial charge in [0.1, 0.15) is 12.6 Å². The molecule has 1 N–H and O–H groups in total. The van der Waals surface area contributed by atoms with Gasteiger partial charge in [-0.1, -0.05) is 12.1 Å². The summed E-state index contributed by atoms with van der Waals surface area (Å²) in [4.78, 5) is 68.5. The van der Waals surface area contributed by atoms with Crippen molar-refractivity contribution < 1.29 is 28.8 Å². The predicted molar refractivity (Wildman–Crippen MR) is 117 cm³/mol. The first kappa shape index (κ1) is 23.8. The Morgan fingerprint density at radius 3 is 2.47 bits per heavy atom. The van der Waals surface area contributed by atoms with Crippen LogP contribution in [0.2, 0.25) is 0 Å². The number of carbonyl (C=O) groups excluding carboxylic acids is 4. The Kier molecular flexibility index (Phi) is 6.62. The molecular formula is C22H27N5O7. The summed E-state index contributed by atoms with van der Waals surface area (Å²) < 4.78 is 5.04. The summed E-state index contributed by atoms with van der Waals surface area (Å²) in [5.41, 5.74) is 0.109. The Hall–Kier alpha value is -3.38. The zero-order valence-corrected chi connectivity index (χ0v) is 19.0. The number of nitro groups is 1. The summed E-state index contributed by atoms with van der Waals surface area (Å²) in [6, 6.07) is 3.41. The number of fused-ring (bicyclic) bond motifs is 1. The molecule has 34 heavy (non-hydrogen) atoms. The summed E-state index contributed by atoms with van der Waals surface area (Å²) in [5, 5.41) is 14.6. The van der Waals surface area contributed by atoms with Crippen LogP contribution in [0.1, 0.15) is 18.5 Å². The molecule has 0 spiro atoms. The van der Waals surface area contributed by atoms with Gasteiger partial charge in [0.25, 0.3) is 5.69 Å². The number of rotatable bonds is 6. The fourth-order valence-electron chi connectivity index (χ4n) is 5.31. The maximum Gasteiger partial charge on any atom is 0.269 e. The van der Waals surface area contributed by atoms with Crippen molar-refractivity contribution in [2.45, 2.75) is 19.0 Å². The molecule has 4 rings (SSSR count). The van der Waals surface area contributed by atoms with Crippen molar-refractivity contribution in [3.05, 3.63) is 39.9 Å². The number of methoxy groups -OCH3 is 1. The van der Waals surface area contributed by atoms with Crippen LogP contribution in [0.15, 0.2) is 24.3 Å². The van der Waals surface area contributed by atoms with Crippen molar-refractivity contribution in [2.75, 3.05) is 46.4 Å². The van der Waals surface area contributed by atoms with E-state index in [-0.39, 0.29) is 18.8 Å². The van der Waals surface area contributed by atoms with Gasteiger partial charge in [0.2, 0.25) is 23.6 Å². The monoisotopic (exact) mass is 473 g/mol. The Labute approximate surface area is 195 Å². The van der Waals surface area contributed by atoms with Crippen LogP contribution in [0.3, 0.4) is 0 Å². The van der Waals surface area contributed by atoms with Crippen LogP contribution in [0.4, 0.5) is 5.69 Å². The number of nitrogens with one attached hydrogen (secondary N) is 1. The number of nitrogens with zero attached hydrogens (tertiary/aromatic N) is 4. The van der Waals surface area contributed by atoms with Crippen LogP contribution in [0, 0.1) is 22.0 Å². The Morgan fingerprint density at radius 2 is 1.85 bits per heavy atom. The van der Waals surface area contributed by atoms with E-state index >= 15 is 0 Å². The maximum absolute atomic E-state index is 13.7. The second-order valence-corrected chi connectivity index (χ2v) is 8.52. The van der Waals surface area contributed by atoms with E-state index in [4.69, 9.17) is 4.74 Å². The average molecular weight is 473 g/mol. The lowest BCUT2D eigenvalue weighted by Gasteiger charge is -2.36. The minimum atomic E-state index is -1.21. The molecule has 3 fully saturated rings. The smallest absolute Gasteiger partial charge is 0.269 e. The number of amides is 4. The number of piperazine rings is 1. The largest absolute Gasteiger partial charge is 0.375 e. The highest BCUT2D eigenvalue weighted by atomic mass is 16.6. The molecule has 3 heterocycles. The van der Waals surface area contributed by atoms with Crippen LogP contribution in [0.5, 0.6) is 0 Å². The number of carbonyl (C=O) groups is 4. The summed E-state index contributed by atoms with van der Waals surface area (Å²) in [5.74, 6) is -4.06. The first-order valence-corrected chi connectivity index (χ1v) is 11.2. The summed E-state index contributed by atoms with van der Waals surface area (Å²) in [7, 11) is 1.33. The highest BCUT2D eigenvalue weighted by molar-refractivity contribution is 6.10. The minimum Gasteiger partial charge on any atom is -0.375 e. The van der Waals surface area contributed by atoms with Crippen molar-refractivity contribution in [1.82, 2.24) is 20.0 Å². The molecule has 12 nitrogen and oxygen atoms in total. The van der Waals surface area contributed by atoms with E-state index in [9.17, 15) is 29.3 Å². The topological polar surface area (TPSA) is 142 Å². The Balaban J connectivity index is 1.87. The average Bonchev–Trinajstić information content (AvgIpc) is 3.32. The third-order valence-electron chi connectivity index (χ3n) is 6.75. The number of ether oxygens (including phenoxy) is 1. The van der Waals surface area contributed by atoms with E-state index < -0.39 is 52.5 Å². The predicted octanol–water partition coefficient (Wildman–Crippen LogP) is -0.454. The molecule has 4 amide bonds. The zero-order valence-electron chi connectivity index (χ0n) is 19.0. The number of hydrogen-bond acceptors (Lipinski definition) is 8. The van der Waals surface area contributed by atoms with Gasteiger partial charge in [-0.15, -0.1) is 0 Å². The molecule has 3 aliphatic rings. The van der Waals surface area contributed by atoms with Gasteiger partial charge in [0, 0.05) is 52.0 Å². The van der Waals surface area contributed by atoms with Crippen molar-refractivity contribution in [3.8, 4) is 0 Å². The second kappa shape index (κ2) is 9.47. The van der Waals surface area contributed by atoms with Crippen LogP contribution < -0.4 is 5.32 Å². The number of non-ortho nitro benzene ring substituents is 1. The summed E-state index contributed by atoms with van der Waals surface area (Å²) in [6.07, 6.45) is 0. The molecular weight excluding hydrogens is 446 g/mol. The van der Waals surface area contributed by atoms with Crippen LogP contribution in [-0.2, 0) is 23.9 Å². The van der Waals surface area contributed by atoms with Gasteiger partial charge in [-0.3, -0.25) is 34.2 Å². The minimum absolute atomic E-state index is 0.132. The van der Waals surface area contributed by atoms with Crippen molar-refractivity contribution in [2.24, 2.45) is 11.8 Å². The molecule has 3 aliphatic heterocycles. The number of benzene rings is 1. The van der Waals surface area contributed by atoms with Crippen LogP contribution in [-0.4, -0.2) is 95.7 Å². The van der Waals surface area contributed by atoms with Gasteiger partial charge in [0.05, 0.1) is 22.8 Å². The van der Waals surface area contributed by atoms with Crippen LogP contribution in [0.25, 0.3) is 0 Å². The van der Waals surface area contributed by atoms with Crippen molar-refractivity contribution in [1.29, 1.82) is 0 Å². The van der Waals surface area contributed by atoms with E-state index in [0.717, 1.165) is 4.90 Å². The molecule has 4 unspecified atom stereocenters. The third-order valence-corrected chi connectivity index (χ3v) is 6.75. The molecule has 4 atom stereocenters. The van der Waals surface area contributed by atoms with E-state index in [1.54, 1.807) is 17.9 Å². The van der Waals surface area contributed by atoms with E-state index in [1.165, 1.54) is 30.2 Å². The number of nitro benzene ring substituents is 1. The molecule has 182 valence electrons. The van der Waals surface area contributed by atoms with Crippen LogP contribution >= 0.6 is 0 Å². The fourth-order valence-corrected chi connectivity index (χ4v) is 5.31. The molecule has 0 saturated carbocycles. The number of imide groups is 1. The van der Waals surface area contributed by atoms with Gasteiger partial charge in [-0.25, -0.2) is 0 Å². The molecule has 3 saturated heterocycles. The van der Waals surface area contributed by atoms with Gasteiger partial charge in [-0.2, -0.15) is 0 Å². The number of hydrogen-bond donors (Lipinski definition) is 1. The lowest BCUT2D eigenvalue weighted by molar-refractivity contribution is -0.385. The van der Waals surface area contributed by atoms with Crippen molar-refractivity contribution in [3.63, 3.8) is 0 Å². The lowest BCUT2D eigenvalue weighted by Crippen LogP contribution is -2.57. The molecule has 12 heteroatoms. The highest BCUT2D eigenvalue weighted by Crippen LogP contribution is 2.50. The standard InChI is InChI=1S/C22H27N5O7/c1-3-25-20(29)16-17(21(25)30)19(22(31)24-9-7-23-8-10-24)26(15(28)12-34-2)18(16)13-5-4-6-14(11-13)27(32)33/h4-6,11,16-19,23H,3,7-10,12H2,1-2H3. The second-order valence-electron chi connectivity index (χ2n) is 8.52. The fraction of sp³-hybridized carbons (Fsp3) is 0.545. The lowest BCUT2D eigenvalue weighted by atomic mass is 9.86. The zero-order chi connectivity index (χ0) is 24.6. The quantitative estimate of drug-likeness (QED) is 0.332. The number of likely N-dealkylation sites (tertiary alicyclic amines) is 2. The normalized spacial score (nSPS) is 26.7. The first-order valence-electron chi connectivity index (χ1n) is 11.2. The molecule has 1 aromatic rings. The molecule has 0 radical (unpaired) electrons.